The Bertz CT molecular complexity index is 878. The molecular formula is C22H26N4O3. The second-order valence-corrected chi connectivity index (χ2v) is 7.69. The molecule has 2 fully saturated rings. The van der Waals surface area contributed by atoms with E-state index >= 15 is 0 Å². The Labute approximate surface area is 170 Å². The summed E-state index contributed by atoms with van der Waals surface area (Å²) >= 11 is 0. The van der Waals surface area contributed by atoms with Gasteiger partial charge in [-0.2, -0.15) is 0 Å². The van der Waals surface area contributed by atoms with E-state index in [0.717, 1.165) is 36.6 Å². The van der Waals surface area contributed by atoms with E-state index in [-0.39, 0.29) is 17.7 Å². The molecule has 2 aliphatic rings. The predicted octanol–water partition coefficient (Wildman–Crippen LogP) is 2.44. The Hall–Kier alpha value is -2.93. The third-order valence-corrected chi connectivity index (χ3v) is 5.46. The van der Waals surface area contributed by atoms with E-state index in [2.05, 4.69) is 27.4 Å². The van der Waals surface area contributed by atoms with Crippen LogP contribution in [0.2, 0.25) is 0 Å². The lowest BCUT2D eigenvalue weighted by molar-refractivity contribution is -0.117. The van der Waals surface area contributed by atoms with Gasteiger partial charge in [-0.15, -0.1) is 0 Å². The Kier molecular flexibility index (Phi) is 5.76. The highest BCUT2D eigenvalue weighted by Crippen LogP contribution is 2.38. The second kappa shape index (κ2) is 8.61. The van der Waals surface area contributed by atoms with Gasteiger partial charge in [-0.1, -0.05) is 6.92 Å². The van der Waals surface area contributed by atoms with Crippen LogP contribution in [0.25, 0.3) is 0 Å². The van der Waals surface area contributed by atoms with Crippen LogP contribution in [0.4, 0.5) is 11.5 Å². The van der Waals surface area contributed by atoms with Crippen molar-refractivity contribution in [1.82, 2.24) is 10.3 Å². The number of carbonyl (C=O) groups excluding carboxylic acids is 2. The summed E-state index contributed by atoms with van der Waals surface area (Å²) in [6.45, 7) is 5.56. The number of amides is 2. The van der Waals surface area contributed by atoms with Crippen molar-refractivity contribution in [3.05, 3.63) is 53.7 Å². The lowest BCUT2D eigenvalue weighted by Gasteiger charge is -2.28. The molecule has 2 aromatic rings. The Balaban J connectivity index is 1.30. The van der Waals surface area contributed by atoms with E-state index in [1.54, 1.807) is 30.5 Å². The standard InChI is InChI=1S/C22H26N4O3/c1-15-12-19(15)22(28)25-18-4-2-17(3-5-18)21(27)24-14-16-6-7-23-20(13-16)26-8-10-29-11-9-26/h2-7,13,15,19H,8-12,14H2,1H3,(H,24,27)(H,25,28). The van der Waals surface area contributed by atoms with Crippen LogP contribution >= 0.6 is 0 Å². The van der Waals surface area contributed by atoms with E-state index < -0.39 is 0 Å². The third-order valence-electron chi connectivity index (χ3n) is 5.46. The minimum atomic E-state index is -0.150. The molecule has 29 heavy (non-hydrogen) atoms. The average Bonchev–Trinajstić information content (AvgIpc) is 3.50. The molecule has 2 amide bonds. The molecule has 7 heteroatoms. The number of ether oxygens (including phenoxy) is 1. The van der Waals surface area contributed by atoms with Gasteiger partial charge in [0.15, 0.2) is 0 Å². The van der Waals surface area contributed by atoms with Crippen LogP contribution in [0.3, 0.4) is 0 Å². The van der Waals surface area contributed by atoms with Gasteiger partial charge in [-0.3, -0.25) is 9.59 Å². The van der Waals surface area contributed by atoms with Crippen LogP contribution < -0.4 is 15.5 Å². The van der Waals surface area contributed by atoms with E-state index in [1.165, 1.54) is 0 Å². The molecule has 2 atom stereocenters. The third kappa shape index (κ3) is 4.92. The van der Waals surface area contributed by atoms with Gasteiger partial charge in [0, 0.05) is 43.0 Å². The first kappa shape index (κ1) is 19.4. The van der Waals surface area contributed by atoms with Gasteiger partial charge in [0.2, 0.25) is 5.91 Å². The van der Waals surface area contributed by atoms with Crippen molar-refractivity contribution in [2.24, 2.45) is 11.8 Å². The lowest BCUT2D eigenvalue weighted by Crippen LogP contribution is -2.36. The van der Waals surface area contributed by atoms with E-state index in [1.807, 2.05) is 12.1 Å². The van der Waals surface area contributed by atoms with Crippen LogP contribution in [-0.4, -0.2) is 43.1 Å². The molecule has 2 N–H and O–H groups in total. The zero-order valence-electron chi connectivity index (χ0n) is 16.6. The summed E-state index contributed by atoms with van der Waals surface area (Å²) in [7, 11) is 0. The maximum absolute atomic E-state index is 12.5. The molecule has 1 saturated heterocycles. The number of aromatic nitrogens is 1. The largest absolute Gasteiger partial charge is 0.378 e. The van der Waals surface area contributed by atoms with Crippen molar-refractivity contribution >= 4 is 23.3 Å². The topological polar surface area (TPSA) is 83.6 Å². The fraction of sp³-hybridized carbons (Fsp3) is 0.409. The minimum absolute atomic E-state index is 0.0588. The van der Waals surface area contributed by atoms with Crippen LogP contribution in [0, 0.1) is 11.8 Å². The van der Waals surface area contributed by atoms with Crippen LogP contribution in [0.1, 0.15) is 29.3 Å². The molecule has 1 aromatic heterocycles. The Morgan fingerprint density at radius 2 is 1.90 bits per heavy atom. The fourth-order valence-electron chi connectivity index (χ4n) is 3.45. The molecule has 0 bridgehead atoms. The summed E-state index contributed by atoms with van der Waals surface area (Å²) in [6, 6.07) is 10.9. The van der Waals surface area contributed by atoms with Gasteiger partial charge in [0.25, 0.3) is 5.91 Å². The summed E-state index contributed by atoms with van der Waals surface area (Å²) in [5.74, 6) is 1.41. The number of carbonyl (C=O) groups is 2. The predicted molar refractivity (Wildman–Crippen MR) is 111 cm³/mol. The van der Waals surface area contributed by atoms with Crippen LogP contribution in [0.5, 0.6) is 0 Å². The lowest BCUT2D eigenvalue weighted by atomic mass is 10.1. The highest BCUT2D eigenvalue weighted by molar-refractivity contribution is 5.96. The van der Waals surface area contributed by atoms with E-state index in [0.29, 0.717) is 31.2 Å². The zero-order valence-corrected chi connectivity index (χ0v) is 16.6. The molecule has 0 radical (unpaired) electrons. The smallest absolute Gasteiger partial charge is 0.251 e. The van der Waals surface area contributed by atoms with Crippen molar-refractivity contribution < 1.29 is 14.3 Å². The average molecular weight is 394 g/mol. The monoisotopic (exact) mass is 394 g/mol. The number of nitrogens with one attached hydrogen (secondary N) is 2. The molecule has 1 aliphatic heterocycles. The van der Waals surface area contributed by atoms with Gasteiger partial charge in [-0.25, -0.2) is 4.98 Å². The van der Waals surface area contributed by atoms with Crippen LogP contribution in [0.15, 0.2) is 42.6 Å². The van der Waals surface area contributed by atoms with E-state index in [9.17, 15) is 9.59 Å². The SMILES string of the molecule is CC1CC1C(=O)Nc1ccc(C(=O)NCc2ccnc(N3CCOCC3)c2)cc1. The molecule has 4 rings (SSSR count). The molecule has 1 aliphatic carbocycles. The number of benzene rings is 1. The molecule has 2 heterocycles. The van der Waals surface area contributed by atoms with Crippen molar-refractivity contribution in [1.29, 1.82) is 0 Å². The molecule has 7 nitrogen and oxygen atoms in total. The van der Waals surface area contributed by atoms with E-state index in [4.69, 9.17) is 4.74 Å². The minimum Gasteiger partial charge on any atom is -0.378 e. The highest BCUT2D eigenvalue weighted by Gasteiger charge is 2.39. The van der Waals surface area contributed by atoms with Gasteiger partial charge in [0.1, 0.15) is 5.82 Å². The number of pyridine rings is 1. The van der Waals surface area contributed by atoms with Gasteiger partial charge in [-0.05, 0) is 54.3 Å². The summed E-state index contributed by atoms with van der Waals surface area (Å²) in [5.41, 5.74) is 2.28. The zero-order chi connectivity index (χ0) is 20.2. The second-order valence-electron chi connectivity index (χ2n) is 7.69. The number of hydrogen-bond acceptors (Lipinski definition) is 5. The highest BCUT2D eigenvalue weighted by atomic mass is 16.5. The number of morpholine rings is 1. The number of anilines is 2. The van der Waals surface area contributed by atoms with Crippen LogP contribution in [-0.2, 0) is 16.1 Å². The fourth-order valence-corrected chi connectivity index (χ4v) is 3.45. The van der Waals surface area contributed by atoms with Crippen molar-refractivity contribution in [3.63, 3.8) is 0 Å². The normalized spacial score (nSPS) is 20.8. The molecule has 0 spiro atoms. The summed E-state index contributed by atoms with van der Waals surface area (Å²) in [6.07, 6.45) is 2.72. The molecule has 2 unspecified atom stereocenters. The molecule has 1 saturated carbocycles. The van der Waals surface area contributed by atoms with Gasteiger partial charge < -0.3 is 20.3 Å². The maximum atomic E-state index is 12.5. The number of hydrogen-bond donors (Lipinski definition) is 2. The molecule has 152 valence electrons. The molecular weight excluding hydrogens is 368 g/mol. The molecule has 1 aromatic carbocycles. The van der Waals surface area contributed by atoms with Gasteiger partial charge >= 0.3 is 0 Å². The maximum Gasteiger partial charge on any atom is 0.251 e. The van der Waals surface area contributed by atoms with Crippen molar-refractivity contribution in [2.75, 3.05) is 36.5 Å². The van der Waals surface area contributed by atoms with Gasteiger partial charge in [0.05, 0.1) is 13.2 Å². The first-order valence-corrected chi connectivity index (χ1v) is 10.1. The first-order chi connectivity index (χ1) is 14.1. The Morgan fingerprint density at radius 3 is 2.59 bits per heavy atom. The number of nitrogens with zero attached hydrogens (tertiary/aromatic N) is 2. The first-order valence-electron chi connectivity index (χ1n) is 10.1. The number of rotatable bonds is 6. The quantitative estimate of drug-likeness (QED) is 0.786. The van der Waals surface area contributed by atoms with Crippen molar-refractivity contribution in [3.8, 4) is 0 Å². The summed E-state index contributed by atoms with van der Waals surface area (Å²) in [5, 5.41) is 5.85. The summed E-state index contributed by atoms with van der Waals surface area (Å²) < 4.78 is 5.38. The van der Waals surface area contributed by atoms with Crippen molar-refractivity contribution in [2.45, 2.75) is 19.9 Å². The Morgan fingerprint density at radius 1 is 1.17 bits per heavy atom. The summed E-state index contributed by atoms with van der Waals surface area (Å²) in [4.78, 5) is 31.1.